The van der Waals surface area contributed by atoms with Gasteiger partial charge in [0.05, 0.1) is 24.5 Å². The van der Waals surface area contributed by atoms with Crippen LogP contribution in [-0.4, -0.2) is 85.3 Å². The highest BCUT2D eigenvalue weighted by atomic mass is 16.5. The van der Waals surface area contributed by atoms with E-state index in [1.165, 1.54) is 44.6 Å². The summed E-state index contributed by atoms with van der Waals surface area (Å²) in [5.74, 6) is 3.33. The smallest absolute Gasteiger partial charge is 0.143 e. The topological polar surface area (TPSA) is 66.0 Å². The van der Waals surface area contributed by atoms with Crippen molar-refractivity contribution in [3.8, 4) is 5.75 Å². The highest BCUT2D eigenvalue weighted by molar-refractivity contribution is 5.72. The van der Waals surface area contributed by atoms with Gasteiger partial charge in [0, 0.05) is 32.2 Å². The minimum absolute atomic E-state index is 0.0857. The van der Waals surface area contributed by atoms with Crippen molar-refractivity contribution in [3.63, 3.8) is 0 Å². The second kappa shape index (κ2) is 9.32. The molecule has 3 saturated heterocycles. The van der Waals surface area contributed by atoms with Gasteiger partial charge in [-0.3, -0.25) is 4.90 Å². The first-order chi connectivity index (χ1) is 16.7. The van der Waals surface area contributed by atoms with E-state index in [-0.39, 0.29) is 6.10 Å². The lowest BCUT2D eigenvalue weighted by Gasteiger charge is -2.46. The van der Waals surface area contributed by atoms with E-state index in [9.17, 15) is 0 Å². The number of rotatable bonds is 4. The molecule has 3 fully saturated rings. The third-order valence-electron chi connectivity index (χ3n) is 7.95. The Labute approximate surface area is 202 Å². The molecule has 34 heavy (non-hydrogen) atoms. The van der Waals surface area contributed by atoms with Crippen molar-refractivity contribution < 1.29 is 9.47 Å². The molecule has 0 aliphatic carbocycles. The van der Waals surface area contributed by atoms with Crippen LogP contribution < -0.4 is 15.0 Å². The minimum atomic E-state index is -0.0857. The molecule has 1 aromatic heterocycles. The lowest BCUT2D eigenvalue weighted by Crippen LogP contribution is -2.59. The summed E-state index contributed by atoms with van der Waals surface area (Å²) in [6, 6.07) is 7.48. The summed E-state index contributed by atoms with van der Waals surface area (Å²) in [6.45, 7) is 10.1. The monoisotopic (exact) mass is 464 g/mol. The van der Waals surface area contributed by atoms with Crippen molar-refractivity contribution in [2.24, 2.45) is 0 Å². The lowest BCUT2D eigenvalue weighted by atomic mass is 9.88. The zero-order chi connectivity index (χ0) is 23.1. The van der Waals surface area contributed by atoms with Gasteiger partial charge >= 0.3 is 0 Å². The Balaban J connectivity index is 1.24. The number of benzene rings is 1. The van der Waals surface area contributed by atoms with Crippen LogP contribution in [0.5, 0.6) is 5.75 Å². The molecule has 0 saturated carbocycles. The average molecular weight is 465 g/mol. The van der Waals surface area contributed by atoms with E-state index in [2.05, 4.69) is 62.2 Å². The Morgan fingerprint density at radius 2 is 1.85 bits per heavy atom. The minimum Gasteiger partial charge on any atom is -0.483 e. The van der Waals surface area contributed by atoms with Gasteiger partial charge < -0.3 is 24.6 Å². The van der Waals surface area contributed by atoms with Gasteiger partial charge in [-0.15, -0.1) is 0 Å². The summed E-state index contributed by atoms with van der Waals surface area (Å²) in [7, 11) is 2.21. The summed E-state index contributed by atoms with van der Waals surface area (Å²) in [6.07, 6.45) is 4.88. The van der Waals surface area contributed by atoms with Crippen LogP contribution in [0.15, 0.2) is 24.5 Å². The number of morpholine rings is 1. The molecule has 1 unspecified atom stereocenters. The summed E-state index contributed by atoms with van der Waals surface area (Å²) < 4.78 is 12.1. The van der Waals surface area contributed by atoms with Crippen LogP contribution in [0.2, 0.25) is 0 Å². The molecule has 8 nitrogen and oxygen atoms in total. The molecular formula is C26H36N6O2. The Hall–Kier alpha value is -2.42. The fourth-order valence-electron chi connectivity index (χ4n) is 5.93. The van der Waals surface area contributed by atoms with Crippen molar-refractivity contribution in [3.05, 3.63) is 35.7 Å². The summed E-state index contributed by atoms with van der Waals surface area (Å²) in [5, 5.41) is 3.63. The first-order valence-electron chi connectivity index (χ1n) is 12.9. The molecule has 0 radical (unpaired) electrons. The number of nitrogens with zero attached hydrogens (tertiary/aromatic N) is 5. The van der Waals surface area contributed by atoms with Gasteiger partial charge in [-0.1, -0.05) is 13.0 Å². The molecular weight excluding hydrogens is 428 g/mol. The maximum absolute atomic E-state index is 6.57. The Kier molecular flexibility index (Phi) is 6.05. The van der Waals surface area contributed by atoms with Crippen LogP contribution in [0.25, 0.3) is 0 Å². The third kappa shape index (κ3) is 4.12. The van der Waals surface area contributed by atoms with Crippen LogP contribution in [0.1, 0.15) is 49.3 Å². The molecule has 0 spiro atoms. The van der Waals surface area contributed by atoms with E-state index in [1.807, 2.05) is 0 Å². The molecule has 2 aromatic rings. The maximum Gasteiger partial charge on any atom is 0.143 e. The average Bonchev–Trinajstić information content (AvgIpc) is 3.03. The van der Waals surface area contributed by atoms with Crippen molar-refractivity contribution in [2.75, 3.05) is 69.7 Å². The molecule has 0 amide bonds. The SMILES string of the molecule is CCC1Oc2ccc(C3CCN(C4CN(C)C4)CC3)cc2Nc2ncnc(N3CCOCC3)c21. The van der Waals surface area contributed by atoms with Gasteiger partial charge in [-0.25, -0.2) is 9.97 Å². The zero-order valence-corrected chi connectivity index (χ0v) is 20.4. The number of likely N-dealkylation sites (N-methyl/N-ethyl adjacent to an activating group) is 1. The standard InChI is InChI=1S/C26H36N6O2/c1-3-22-24-25(27-17-28-26(24)32-10-12-33-13-11-32)29-21-14-19(4-5-23(21)34-22)18-6-8-31(9-7-18)20-15-30(2)16-20/h4-5,14,17-18,20,22H,3,6-13,15-16H2,1-2H3,(H,27,28,29). The van der Waals surface area contributed by atoms with E-state index in [1.54, 1.807) is 6.33 Å². The second-order valence-electron chi connectivity index (χ2n) is 10.1. The quantitative estimate of drug-likeness (QED) is 0.739. The van der Waals surface area contributed by atoms with E-state index < -0.39 is 0 Å². The molecule has 4 aliphatic heterocycles. The van der Waals surface area contributed by atoms with E-state index >= 15 is 0 Å². The van der Waals surface area contributed by atoms with Gasteiger partial charge in [0.15, 0.2) is 0 Å². The number of ether oxygens (including phenoxy) is 2. The predicted molar refractivity (Wildman–Crippen MR) is 133 cm³/mol. The first kappa shape index (κ1) is 22.1. The number of likely N-dealkylation sites (tertiary alicyclic amines) is 2. The highest BCUT2D eigenvalue weighted by Crippen LogP contribution is 2.44. The molecule has 8 heteroatoms. The Morgan fingerprint density at radius 1 is 1.06 bits per heavy atom. The number of aromatic nitrogens is 2. The van der Waals surface area contributed by atoms with Crippen LogP contribution >= 0.6 is 0 Å². The molecule has 0 bridgehead atoms. The molecule has 1 N–H and O–H groups in total. The molecule has 6 rings (SSSR count). The number of hydrogen-bond acceptors (Lipinski definition) is 8. The van der Waals surface area contributed by atoms with Gasteiger partial charge in [0.1, 0.15) is 29.8 Å². The summed E-state index contributed by atoms with van der Waals surface area (Å²) in [5.41, 5.74) is 3.48. The van der Waals surface area contributed by atoms with E-state index in [0.717, 1.165) is 67.4 Å². The van der Waals surface area contributed by atoms with Crippen LogP contribution in [0, 0.1) is 0 Å². The molecule has 4 aliphatic rings. The van der Waals surface area contributed by atoms with Crippen LogP contribution in [0.4, 0.5) is 17.3 Å². The third-order valence-corrected chi connectivity index (χ3v) is 7.95. The van der Waals surface area contributed by atoms with Gasteiger partial charge in [-0.05, 0) is 63.0 Å². The zero-order valence-electron chi connectivity index (χ0n) is 20.4. The molecule has 1 atom stereocenters. The number of hydrogen-bond donors (Lipinski definition) is 1. The highest BCUT2D eigenvalue weighted by Gasteiger charge is 2.33. The molecule has 182 valence electrons. The van der Waals surface area contributed by atoms with Crippen molar-refractivity contribution in [1.82, 2.24) is 19.8 Å². The van der Waals surface area contributed by atoms with Crippen LogP contribution in [-0.2, 0) is 4.74 Å². The number of nitrogens with one attached hydrogen (secondary N) is 1. The fraction of sp³-hybridized carbons (Fsp3) is 0.615. The normalized spacial score (nSPS) is 24.4. The molecule has 1 aromatic carbocycles. The number of piperidine rings is 1. The van der Waals surface area contributed by atoms with Gasteiger partial charge in [0.25, 0.3) is 0 Å². The summed E-state index contributed by atoms with van der Waals surface area (Å²) in [4.78, 5) is 16.7. The Morgan fingerprint density at radius 3 is 2.59 bits per heavy atom. The lowest BCUT2D eigenvalue weighted by molar-refractivity contribution is 0.0363. The summed E-state index contributed by atoms with van der Waals surface area (Å²) >= 11 is 0. The maximum atomic E-state index is 6.57. The van der Waals surface area contributed by atoms with Gasteiger partial charge in [-0.2, -0.15) is 0 Å². The largest absolute Gasteiger partial charge is 0.483 e. The van der Waals surface area contributed by atoms with Crippen molar-refractivity contribution >= 4 is 17.3 Å². The number of anilines is 3. The van der Waals surface area contributed by atoms with Crippen molar-refractivity contribution in [1.29, 1.82) is 0 Å². The predicted octanol–water partition coefficient (Wildman–Crippen LogP) is 3.39. The second-order valence-corrected chi connectivity index (χ2v) is 10.1. The van der Waals surface area contributed by atoms with E-state index in [0.29, 0.717) is 5.92 Å². The fourth-order valence-corrected chi connectivity index (χ4v) is 5.93. The molecule has 5 heterocycles. The Bertz CT molecular complexity index is 1010. The van der Waals surface area contributed by atoms with Gasteiger partial charge in [0.2, 0.25) is 0 Å². The van der Waals surface area contributed by atoms with Crippen molar-refractivity contribution in [2.45, 2.75) is 44.2 Å². The first-order valence-corrected chi connectivity index (χ1v) is 12.9. The van der Waals surface area contributed by atoms with Crippen LogP contribution in [0.3, 0.4) is 0 Å². The van der Waals surface area contributed by atoms with E-state index in [4.69, 9.17) is 9.47 Å². The number of fused-ring (bicyclic) bond motifs is 2.